The summed E-state index contributed by atoms with van der Waals surface area (Å²) < 4.78 is 21.2. The molecule has 2 atom stereocenters. The molecule has 0 bridgehead atoms. The summed E-state index contributed by atoms with van der Waals surface area (Å²) in [5.41, 5.74) is 0. The fourth-order valence-corrected chi connectivity index (χ4v) is 1.91. The summed E-state index contributed by atoms with van der Waals surface area (Å²) in [5, 5.41) is 0. The molecule has 2 rings (SSSR count). The minimum Gasteiger partial charge on any atom is -0.348 e. The normalized spacial score (nSPS) is 29.4. The maximum absolute atomic E-state index is 5.36. The largest absolute Gasteiger partial charge is 0.348 e. The average molecular weight is 328 g/mol. The van der Waals surface area contributed by atoms with Crippen molar-refractivity contribution in [2.45, 2.75) is 51.5 Å². The molecule has 0 unspecified atom stereocenters. The lowest BCUT2D eigenvalue weighted by atomic mass is 10.4. The molecular weight excluding hydrogens is 300 g/mol. The van der Waals surface area contributed by atoms with Crippen LogP contribution >= 0.6 is 13.5 Å². The lowest BCUT2D eigenvalue weighted by Crippen LogP contribution is -2.25. The van der Waals surface area contributed by atoms with Crippen molar-refractivity contribution in [1.82, 2.24) is 0 Å². The highest BCUT2D eigenvalue weighted by atomic mass is 32.1. The molecule has 0 saturated carbocycles. The number of rotatable bonds is 4. The van der Waals surface area contributed by atoms with Gasteiger partial charge >= 0.3 is 0 Å². The SMILES string of the molecule is CC1(C)OC[C@@H](CON)O1.CC1(C)OC[C@H](CON)O1.S. The second-order valence-corrected chi connectivity index (χ2v) is 5.57. The Balaban J connectivity index is 0.000000364. The van der Waals surface area contributed by atoms with Gasteiger partial charge in [0.1, 0.15) is 12.2 Å². The van der Waals surface area contributed by atoms with Crippen molar-refractivity contribution < 1.29 is 28.6 Å². The van der Waals surface area contributed by atoms with E-state index < -0.39 is 11.6 Å². The van der Waals surface area contributed by atoms with Crippen molar-refractivity contribution in [1.29, 1.82) is 0 Å². The Morgan fingerprint density at radius 2 is 1.19 bits per heavy atom. The van der Waals surface area contributed by atoms with Gasteiger partial charge in [-0.25, -0.2) is 11.8 Å². The molecule has 2 heterocycles. The second kappa shape index (κ2) is 9.23. The Labute approximate surface area is 132 Å². The van der Waals surface area contributed by atoms with E-state index in [0.717, 1.165) is 0 Å². The third kappa shape index (κ3) is 8.29. The van der Waals surface area contributed by atoms with E-state index in [1.165, 1.54) is 0 Å². The number of nitrogens with two attached hydrogens (primary N) is 2. The molecule has 128 valence electrons. The smallest absolute Gasteiger partial charge is 0.163 e. The topological polar surface area (TPSA) is 107 Å². The predicted molar refractivity (Wildman–Crippen MR) is 80.5 cm³/mol. The Hall–Kier alpha value is 0.0300. The van der Waals surface area contributed by atoms with E-state index in [2.05, 4.69) is 9.68 Å². The standard InChI is InChI=1S/2C6H13NO3.H2S/c2*1-6(2)8-3-5(10-6)4-9-7;/h2*5H,3-4,7H2,1-2H3;1H2/t2*5-;/m10./s1. The zero-order valence-electron chi connectivity index (χ0n) is 13.1. The number of hydrogen-bond acceptors (Lipinski definition) is 8. The third-order valence-corrected chi connectivity index (χ3v) is 2.70. The molecule has 0 aromatic carbocycles. The van der Waals surface area contributed by atoms with E-state index >= 15 is 0 Å². The molecule has 0 spiro atoms. The second-order valence-electron chi connectivity index (χ2n) is 5.57. The molecular formula is C12H28N2O6S. The fraction of sp³-hybridized carbons (Fsp3) is 1.00. The molecule has 2 saturated heterocycles. The molecule has 21 heavy (non-hydrogen) atoms. The highest BCUT2D eigenvalue weighted by molar-refractivity contribution is 7.59. The molecule has 0 aromatic heterocycles. The van der Waals surface area contributed by atoms with Crippen LogP contribution in [0.1, 0.15) is 27.7 Å². The molecule has 4 N–H and O–H groups in total. The van der Waals surface area contributed by atoms with E-state index in [1.54, 1.807) is 0 Å². The summed E-state index contributed by atoms with van der Waals surface area (Å²) in [5.74, 6) is 8.78. The first kappa shape index (κ1) is 21.0. The van der Waals surface area contributed by atoms with Crippen LogP contribution in [0, 0.1) is 0 Å². The maximum Gasteiger partial charge on any atom is 0.163 e. The molecule has 0 amide bonds. The Kier molecular flexibility index (Phi) is 9.25. The average Bonchev–Trinajstić information content (AvgIpc) is 2.84. The van der Waals surface area contributed by atoms with Gasteiger partial charge in [0.15, 0.2) is 11.6 Å². The van der Waals surface area contributed by atoms with Crippen molar-refractivity contribution in [3.63, 3.8) is 0 Å². The molecule has 2 aliphatic heterocycles. The molecule has 2 fully saturated rings. The first-order chi connectivity index (χ1) is 9.28. The number of ether oxygens (including phenoxy) is 4. The van der Waals surface area contributed by atoms with Crippen molar-refractivity contribution in [3.05, 3.63) is 0 Å². The van der Waals surface area contributed by atoms with Crippen LogP contribution in [0.4, 0.5) is 0 Å². The summed E-state index contributed by atoms with van der Waals surface area (Å²) >= 11 is 0. The molecule has 0 radical (unpaired) electrons. The van der Waals surface area contributed by atoms with Gasteiger partial charge in [-0.15, -0.1) is 0 Å². The van der Waals surface area contributed by atoms with E-state index in [-0.39, 0.29) is 25.7 Å². The fourth-order valence-electron chi connectivity index (χ4n) is 1.91. The molecule has 8 nitrogen and oxygen atoms in total. The van der Waals surface area contributed by atoms with Gasteiger partial charge in [0, 0.05) is 0 Å². The highest BCUT2D eigenvalue weighted by Gasteiger charge is 2.33. The van der Waals surface area contributed by atoms with Crippen LogP contribution in [0.25, 0.3) is 0 Å². The van der Waals surface area contributed by atoms with Crippen LogP contribution in [0.15, 0.2) is 0 Å². The van der Waals surface area contributed by atoms with Crippen molar-refractivity contribution in [3.8, 4) is 0 Å². The molecule has 0 aliphatic carbocycles. The zero-order chi connectivity index (χ0) is 15.2. The number of hydrogen-bond donors (Lipinski definition) is 2. The maximum atomic E-state index is 5.36. The van der Waals surface area contributed by atoms with Gasteiger partial charge in [-0.1, -0.05) is 0 Å². The van der Waals surface area contributed by atoms with Crippen LogP contribution in [-0.2, 0) is 28.6 Å². The summed E-state index contributed by atoms with van der Waals surface area (Å²) in [7, 11) is 0. The van der Waals surface area contributed by atoms with E-state index in [9.17, 15) is 0 Å². The van der Waals surface area contributed by atoms with Gasteiger partial charge in [-0.05, 0) is 27.7 Å². The van der Waals surface area contributed by atoms with E-state index in [1.807, 2.05) is 27.7 Å². The minimum atomic E-state index is -0.469. The Morgan fingerprint density at radius 1 is 0.857 bits per heavy atom. The highest BCUT2D eigenvalue weighted by Crippen LogP contribution is 2.22. The summed E-state index contributed by atoms with van der Waals surface area (Å²) in [4.78, 5) is 8.83. The van der Waals surface area contributed by atoms with Gasteiger partial charge in [0.2, 0.25) is 0 Å². The van der Waals surface area contributed by atoms with Crippen LogP contribution in [0.2, 0.25) is 0 Å². The van der Waals surface area contributed by atoms with E-state index in [0.29, 0.717) is 26.4 Å². The summed E-state index contributed by atoms with van der Waals surface area (Å²) in [6.07, 6.45) is -0.0278. The van der Waals surface area contributed by atoms with Gasteiger partial charge in [-0.3, -0.25) is 0 Å². The zero-order valence-corrected chi connectivity index (χ0v) is 14.1. The van der Waals surface area contributed by atoms with Gasteiger partial charge in [-0.2, -0.15) is 13.5 Å². The minimum absolute atomic E-state index is 0. The van der Waals surface area contributed by atoms with Crippen molar-refractivity contribution in [2.24, 2.45) is 11.8 Å². The quantitative estimate of drug-likeness (QED) is 0.703. The van der Waals surface area contributed by atoms with E-state index in [4.69, 9.17) is 30.7 Å². The van der Waals surface area contributed by atoms with Crippen LogP contribution in [0.5, 0.6) is 0 Å². The first-order valence-corrected chi connectivity index (χ1v) is 6.55. The predicted octanol–water partition coefficient (Wildman–Crippen LogP) is 0.169. The van der Waals surface area contributed by atoms with Crippen LogP contribution < -0.4 is 11.8 Å². The van der Waals surface area contributed by atoms with Gasteiger partial charge in [0.25, 0.3) is 0 Å². The van der Waals surface area contributed by atoms with Gasteiger partial charge in [0.05, 0.1) is 26.4 Å². The third-order valence-electron chi connectivity index (χ3n) is 2.70. The summed E-state index contributed by atoms with van der Waals surface area (Å²) in [6, 6.07) is 0. The van der Waals surface area contributed by atoms with Gasteiger partial charge < -0.3 is 28.6 Å². The van der Waals surface area contributed by atoms with Crippen molar-refractivity contribution in [2.75, 3.05) is 26.4 Å². The molecule has 9 heteroatoms. The lowest BCUT2D eigenvalue weighted by molar-refractivity contribution is -0.145. The van der Waals surface area contributed by atoms with Crippen LogP contribution in [0.3, 0.4) is 0 Å². The van der Waals surface area contributed by atoms with Crippen molar-refractivity contribution >= 4 is 13.5 Å². The molecule has 2 aliphatic rings. The van der Waals surface area contributed by atoms with Crippen LogP contribution in [-0.4, -0.2) is 50.2 Å². The molecule has 0 aromatic rings. The lowest BCUT2D eigenvalue weighted by Gasteiger charge is -2.16. The Bertz CT molecular complexity index is 265. The first-order valence-electron chi connectivity index (χ1n) is 6.55. The monoisotopic (exact) mass is 328 g/mol. The summed E-state index contributed by atoms with van der Waals surface area (Å²) in [6.45, 7) is 9.36. The Morgan fingerprint density at radius 3 is 1.38 bits per heavy atom.